The molecule has 0 aliphatic rings. The number of rotatable bonds is 6. The summed E-state index contributed by atoms with van der Waals surface area (Å²) < 4.78 is 5.17. The summed E-state index contributed by atoms with van der Waals surface area (Å²) in [7, 11) is 1.63. The Hall–Kier alpha value is -1.42. The van der Waals surface area contributed by atoms with E-state index in [-0.39, 0.29) is 12.6 Å². The van der Waals surface area contributed by atoms with Crippen LogP contribution >= 0.6 is 0 Å². The molecule has 4 heteroatoms. The van der Waals surface area contributed by atoms with Crippen molar-refractivity contribution in [3.8, 4) is 5.75 Å². The van der Waals surface area contributed by atoms with E-state index in [9.17, 15) is 0 Å². The average molecular weight is 238 g/mol. The number of benzene rings is 1. The van der Waals surface area contributed by atoms with E-state index in [2.05, 4.69) is 19.2 Å². The average Bonchev–Trinajstić information content (AvgIpc) is 2.31. The number of anilines is 2. The Morgan fingerprint density at radius 2 is 2.12 bits per heavy atom. The lowest BCUT2D eigenvalue weighted by Crippen LogP contribution is -2.27. The lowest BCUT2D eigenvalue weighted by Gasteiger charge is -2.23. The van der Waals surface area contributed by atoms with E-state index in [0.29, 0.717) is 18.0 Å². The largest absolute Gasteiger partial charge is 0.497 e. The molecule has 0 amide bonds. The molecule has 17 heavy (non-hydrogen) atoms. The number of hydrogen-bond acceptors (Lipinski definition) is 4. The van der Waals surface area contributed by atoms with Crippen molar-refractivity contribution in [3.63, 3.8) is 0 Å². The van der Waals surface area contributed by atoms with Gasteiger partial charge in [0.05, 0.1) is 18.5 Å². The van der Waals surface area contributed by atoms with E-state index in [0.717, 1.165) is 11.4 Å². The first-order chi connectivity index (χ1) is 8.08. The number of nitrogens with two attached hydrogens (primary N) is 1. The monoisotopic (exact) mass is 238 g/mol. The van der Waals surface area contributed by atoms with Crippen LogP contribution < -0.4 is 15.8 Å². The zero-order valence-corrected chi connectivity index (χ0v) is 10.7. The molecule has 1 aromatic carbocycles. The molecule has 4 nitrogen and oxygen atoms in total. The first-order valence-electron chi connectivity index (χ1n) is 5.89. The van der Waals surface area contributed by atoms with Crippen molar-refractivity contribution >= 4 is 11.4 Å². The molecular formula is C13H22N2O2. The summed E-state index contributed by atoms with van der Waals surface area (Å²) in [6, 6.07) is 5.73. The van der Waals surface area contributed by atoms with Crippen LogP contribution in [0, 0.1) is 5.92 Å². The molecule has 1 unspecified atom stereocenters. The molecule has 0 saturated heterocycles. The highest BCUT2D eigenvalue weighted by molar-refractivity contribution is 5.68. The molecule has 0 radical (unpaired) electrons. The Morgan fingerprint density at radius 1 is 1.41 bits per heavy atom. The van der Waals surface area contributed by atoms with E-state index in [1.165, 1.54) is 0 Å². The van der Waals surface area contributed by atoms with Gasteiger partial charge < -0.3 is 20.9 Å². The number of aliphatic hydroxyl groups is 1. The van der Waals surface area contributed by atoms with Crippen LogP contribution in [0.4, 0.5) is 11.4 Å². The summed E-state index contributed by atoms with van der Waals surface area (Å²) in [5, 5.41) is 12.4. The second kappa shape index (κ2) is 6.35. The summed E-state index contributed by atoms with van der Waals surface area (Å²) >= 11 is 0. The predicted molar refractivity (Wildman–Crippen MR) is 71.4 cm³/mol. The van der Waals surface area contributed by atoms with Gasteiger partial charge in [0, 0.05) is 18.7 Å². The van der Waals surface area contributed by atoms with Crippen LogP contribution in [0.3, 0.4) is 0 Å². The van der Waals surface area contributed by atoms with E-state index in [1.54, 1.807) is 7.11 Å². The molecule has 0 aliphatic carbocycles. The molecule has 0 bridgehead atoms. The van der Waals surface area contributed by atoms with Crippen LogP contribution in [-0.4, -0.2) is 24.9 Å². The molecule has 4 N–H and O–H groups in total. The molecule has 96 valence electrons. The Kier molecular flexibility index (Phi) is 5.10. The fourth-order valence-electron chi connectivity index (χ4n) is 1.70. The normalized spacial score (nSPS) is 12.5. The number of aliphatic hydroxyl groups excluding tert-OH is 1. The number of nitrogen functional groups attached to an aromatic ring is 1. The second-order valence-corrected chi connectivity index (χ2v) is 4.46. The summed E-state index contributed by atoms with van der Waals surface area (Å²) in [6.45, 7) is 4.40. The Balaban J connectivity index is 2.84. The molecule has 0 aromatic heterocycles. The maximum absolute atomic E-state index is 9.04. The van der Waals surface area contributed by atoms with Crippen LogP contribution in [-0.2, 0) is 0 Å². The van der Waals surface area contributed by atoms with Gasteiger partial charge in [0.15, 0.2) is 0 Å². The fourth-order valence-corrected chi connectivity index (χ4v) is 1.70. The van der Waals surface area contributed by atoms with E-state index >= 15 is 0 Å². The highest BCUT2D eigenvalue weighted by Crippen LogP contribution is 2.26. The predicted octanol–water partition coefficient (Wildman–Crippen LogP) is 2.10. The lowest BCUT2D eigenvalue weighted by atomic mass is 10.0. The summed E-state index contributed by atoms with van der Waals surface area (Å²) in [4.78, 5) is 0. The fraction of sp³-hybridized carbons (Fsp3) is 0.538. The van der Waals surface area contributed by atoms with Gasteiger partial charge in [-0.3, -0.25) is 0 Å². The molecular weight excluding hydrogens is 216 g/mol. The summed E-state index contributed by atoms with van der Waals surface area (Å²) in [5.41, 5.74) is 7.46. The quantitative estimate of drug-likeness (QED) is 0.664. The van der Waals surface area contributed by atoms with Gasteiger partial charge in [-0.25, -0.2) is 0 Å². The maximum Gasteiger partial charge on any atom is 0.121 e. The zero-order chi connectivity index (χ0) is 12.8. The van der Waals surface area contributed by atoms with Gasteiger partial charge in [-0.15, -0.1) is 0 Å². The molecule has 0 spiro atoms. The molecule has 0 fully saturated rings. The van der Waals surface area contributed by atoms with Gasteiger partial charge in [-0.2, -0.15) is 0 Å². The van der Waals surface area contributed by atoms with Crippen molar-refractivity contribution in [2.24, 2.45) is 5.92 Å². The Bertz CT molecular complexity index is 353. The zero-order valence-electron chi connectivity index (χ0n) is 10.7. The molecule has 0 saturated carbocycles. The highest BCUT2D eigenvalue weighted by atomic mass is 16.5. The minimum Gasteiger partial charge on any atom is -0.497 e. The van der Waals surface area contributed by atoms with Crippen molar-refractivity contribution in [2.75, 3.05) is 24.8 Å². The molecule has 1 rings (SSSR count). The van der Waals surface area contributed by atoms with Crippen molar-refractivity contribution in [1.82, 2.24) is 0 Å². The smallest absolute Gasteiger partial charge is 0.121 e. The first-order valence-corrected chi connectivity index (χ1v) is 5.89. The van der Waals surface area contributed by atoms with E-state index < -0.39 is 0 Å². The molecule has 0 aliphatic heterocycles. The van der Waals surface area contributed by atoms with Gasteiger partial charge in [0.2, 0.25) is 0 Å². The van der Waals surface area contributed by atoms with Gasteiger partial charge in [-0.05, 0) is 24.5 Å². The van der Waals surface area contributed by atoms with Gasteiger partial charge in [-0.1, -0.05) is 13.8 Å². The minimum atomic E-state index is 0.166. The summed E-state index contributed by atoms with van der Waals surface area (Å²) in [6.07, 6.45) is 0.703. The number of methoxy groups -OCH3 is 1. The van der Waals surface area contributed by atoms with Crippen LogP contribution in [0.2, 0.25) is 0 Å². The van der Waals surface area contributed by atoms with Crippen molar-refractivity contribution in [3.05, 3.63) is 18.2 Å². The third-order valence-electron chi connectivity index (χ3n) is 2.85. The van der Waals surface area contributed by atoms with Gasteiger partial charge in [0.1, 0.15) is 5.75 Å². The van der Waals surface area contributed by atoms with Crippen molar-refractivity contribution < 1.29 is 9.84 Å². The van der Waals surface area contributed by atoms with Crippen molar-refractivity contribution in [1.29, 1.82) is 0 Å². The Labute approximate surface area is 103 Å². The van der Waals surface area contributed by atoms with Gasteiger partial charge >= 0.3 is 0 Å². The van der Waals surface area contributed by atoms with Gasteiger partial charge in [0.25, 0.3) is 0 Å². The number of hydrogen-bond donors (Lipinski definition) is 3. The first kappa shape index (κ1) is 13.6. The Morgan fingerprint density at radius 3 is 2.65 bits per heavy atom. The molecule has 0 heterocycles. The standard InChI is InChI=1S/C13H22N2O2/c1-9(2)12(6-7-16)15-13-8-10(17-3)4-5-11(13)14/h4-5,8-9,12,15-16H,6-7,14H2,1-3H3. The van der Waals surface area contributed by atoms with Crippen molar-refractivity contribution in [2.45, 2.75) is 26.3 Å². The van der Waals surface area contributed by atoms with Crippen LogP contribution in [0.25, 0.3) is 0 Å². The minimum absolute atomic E-state index is 0.166. The molecule has 1 atom stereocenters. The second-order valence-electron chi connectivity index (χ2n) is 4.46. The third-order valence-corrected chi connectivity index (χ3v) is 2.85. The topological polar surface area (TPSA) is 67.5 Å². The number of nitrogens with one attached hydrogen (secondary N) is 1. The maximum atomic E-state index is 9.04. The van der Waals surface area contributed by atoms with Crippen LogP contribution in [0.15, 0.2) is 18.2 Å². The SMILES string of the molecule is COc1ccc(N)c(NC(CCO)C(C)C)c1. The third kappa shape index (κ3) is 3.82. The van der Waals surface area contributed by atoms with Crippen LogP contribution in [0.5, 0.6) is 5.75 Å². The van der Waals surface area contributed by atoms with E-state index in [4.69, 9.17) is 15.6 Å². The molecule has 1 aromatic rings. The number of ether oxygens (including phenoxy) is 1. The summed E-state index contributed by atoms with van der Waals surface area (Å²) in [5.74, 6) is 1.20. The van der Waals surface area contributed by atoms with E-state index in [1.807, 2.05) is 18.2 Å². The lowest BCUT2D eigenvalue weighted by molar-refractivity contribution is 0.267. The van der Waals surface area contributed by atoms with Crippen LogP contribution in [0.1, 0.15) is 20.3 Å². The highest BCUT2D eigenvalue weighted by Gasteiger charge is 2.14.